The van der Waals surface area contributed by atoms with Crippen molar-refractivity contribution < 1.29 is 4.74 Å². The third-order valence-corrected chi connectivity index (χ3v) is 3.31. The fourth-order valence-corrected chi connectivity index (χ4v) is 2.63. The number of ether oxygens (including phenoxy) is 1. The van der Waals surface area contributed by atoms with Crippen LogP contribution in [0.1, 0.15) is 48.0 Å². The molecule has 0 aromatic rings. The minimum Gasteiger partial charge on any atom is -0.377 e. The predicted octanol–water partition coefficient (Wildman–Crippen LogP) is 2.26. The van der Waals surface area contributed by atoms with Crippen LogP contribution in [-0.2, 0) is 4.74 Å². The summed E-state index contributed by atoms with van der Waals surface area (Å²) >= 11 is 0. The first-order valence-electron chi connectivity index (χ1n) is 7.03. The van der Waals surface area contributed by atoms with Crippen molar-refractivity contribution in [2.75, 3.05) is 13.2 Å². The summed E-state index contributed by atoms with van der Waals surface area (Å²) in [5.41, 5.74) is 0. The van der Waals surface area contributed by atoms with Gasteiger partial charge in [-0.3, -0.25) is 4.90 Å². The molecule has 0 spiro atoms. The van der Waals surface area contributed by atoms with Crippen LogP contribution in [-0.4, -0.2) is 48.3 Å². The molecule has 0 aromatic heterocycles. The van der Waals surface area contributed by atoms with Gasteiger partial charge in [0, 0.05) is 30.7 Å². The highest BCUT2D eigenvalue weighted by Crippen LogP contribution is 2.21. The zero-order valence-electron chi connectivity index (χ0n) is 12.4. The molecule has 0 amide bonds. The second kappa shape index (κ2) is 6.72. The molecule has 0 radical (unpaired) electrons. The normalized spacial score (nSPS) is 26.6. The second-order valence-electron chi connectivity index (χ2n) is 6.08. The summed E-state index contributed by atoms with van der Waals surface area (Å²) in [5, 5.41) is 3.65. The van der Waals surface area contributed by atoms with Gasteiger partial charge in [-0.2, -0.15) is 0 Å². The van der Waals surface area contributed by atoms with Crippen LogP contribution >= 0.6 is 0 Å². The molecular weight excluding hydrogens is 212 g/mol. The van der Waals surface area contributed by atoms with E-state index in [2.05, 4.69) is 51.8 Å². The van der Waals surface area contributed by atoms with Crippen molar-refractivity contribution in [3.63, 3.8) is 0 Å². The van der Waals surface area contributed by atoms with Gasteiger partial charge >= 0.3 is 0 Å². The standard InChI is InChI=1S/C14H30N2O/c1-10(2)15-13-7-14(9-17-12(5)6)16(8-13)11(3)4/h10-15H,7-9H2,1-6H3/t13-,14-/m0/s1. The van der Waals surface area contributed by atoms with E-state index in [1.807, 2.05) is 0 Å². The van der Waals surface area contributed by atoms with Crippen LogP contribution in [0.3, 0.4) is 0 Å². The topological polar surface area (TPSA) is 24.5 Å². The average Bonchev–Trinajstić information content (AvgIpc) is 2.57. The fraction of sp³-hybridized carbons (Fsp3) is 1.00. The van der Waals surface area contributed by atoms with Crippen molar-refractivity contribution in [1.29, 1.82) is 0 Å². The van der Waals surface area contributed by atoms with E-state index in [-0.39, 0.29) is 0 Å². The first-order valence-corrected chi connectivity index (χ1v) is 7.03. The Bertz CT molecular complexity index is 216. The highest BCUT2D eigenvalue weighted by molar-refractivity contribution is 4.91. The average molecular weight is 242 g/mol. The smallest absolute Gasteiger partial charge is 0.0626 e. The largest absolute Gasteiger partial charge is 0.377 e. The SMILES string of the molecule is CC(C)N[C@H]1C[C@@H](COC(C)C)N(C(C)C)C1. The van der Waals surface area contributed by atoms with Gasteiger partial charge in [0.05, 0.1) is 12.7 Å². The summed E-state index contributed by atoms with van der Waals surface area (Å²) in [7, 11) is 0. The predicted molar refractivity (Wildman–Crippen MR) is 73.4 cm³/mol. The molecule has 0 aliphatic carbocycles. The molecule has 1 N–H and O–H groups in total. The van der Waals surface area contributed by atoms with E-state index < -0.39 is 0 Å². The Morgan fingerprint density at radius 2 is 1.82 bits per heavy atom. The zero-order chi connectivity index (χ0) is 13.0. The summed E-state index contributed by atoms with van der Waals surface area (Å²) in [6, 6.07) is 2.38. The maximum atomic E-state index is 5.79. The number of nitrogens with one attached hydrogen (secondary N) is 1. The monoisotopic (exact) mass is 242 g/mol. The third-order valence-electron chi connectivity index (χ3n) is 3.31. The summed E-state index contributed by atoms with van der Waals surface area (Å²) in [6.45, 7) is 15.2. The van der Waals surface area contributed by atoms with Crippen LogP contribution in [0.2, 0.25) is 0 Å². The number of hydrogen-bond acceptors (Lipinski definition) is 3. The molecule has 2 atom stereocenters. The Morgan fingerprint density at radius 3 is 2.29 bits per heavy atom. The molecule has 1 aliphatic rings. The molecule has 1 rings (SSSR count). The Labute approximate surface area is 107 Å². The molecule has 1 heterocycles. The van der Waals surface area contributed by atoms with Gasteiger partial charge in [-0.05, 0) is 34.1 Å². The van der Waals surface area contributed by atoms with E-state index in [9.17, 15) is 0 Å². The van der Waals surface area contributed by atoms with Crippen molar-refractivity contribution in [1.82, 2.24) is 10.2 Å². The number of likely N-dealkylation sites (tertiary alicyclic amines) is 1. The van der Waals surface area contributed by atoms with Crippen LogP contribution in [0.5, 0.6) is 0 Å². The molecule has 0 aromatic carbocycles. The van der Waals surface area contributed by atoms with Crippen LogP contribution in [0.25, 0.3) is 0 Å². The number of nitrogens with zero attached hydrogens (tertiary/aromatic N) is 1. The lowest BCUT2D eigenvalue weighted by Gasteiger charge is -2.28. The maximum Gasteiger partial charge on any atom is 0.0626 e. The molecule has 3 nitrogen and oxygen atoms in total. The van der Waals surface area contributed by atoms with E-state index in [0.29, 0.717) is 30.3 Å². The third kappa shape index (κ3) is 4.94. The highest BCUT2D eigenvalue weighted by Gasteiger charge is 2.33. The van der Waals surface area contributed by atoms with Crippen LogP contribution in [0.4, 0.5) is 0 Å². The lowest BCUT2D eigenvalue weighted by atomic mass is 10.1. The minimum atomic E-state index is 0.334. The van der Waals surface area contributed by atoms with Gasteiger partial charge in [0.1, 0.15) is 0 Å². The zero-order valence-corrected chi connectivity index (χ0v) is 12.4. The number of rotatable bonds is 6. The molecule has 3 heteroatoms. The first-order chi connectivity index (χ1) is 7.90. The molecule has 1 fully saturated rings. The van der Waals surface area contributed by atoms with Crippen LogP contribution in [0.15, 0.2) is 0 Å². The van der Waals surface area contributed by atoms with E-state index in [1.54, 1.807) is 0 Å². The van der Waals surface area contributed by atoms with Crippen LogP contribution in [0, 0.1) is 0 Å². The quantitative estimate of drug-likeness (QED) is 0.773. The van der Waals surface area contributed by atoms with Crippen molar-refractivity contribution in [2.45, 2.75) is 78.2 Å². The molecule has 1 aliphatic heterocycles. The van der Waals surface area contributed by atoms with Gasteiger partial charge in [-0.25, -0.2) is 0 Å². The van der Waals surface area contributed by atoms with Gasteiger partial charge in [0.25, 0.3) is 0 Å². The van der Waals surface area contributed by atoms with Crippen molar-refractivity contribution in [3.8, 4) is 0 Å². The first kappa shape index (κ1) is 14.9. The van der Waals surface area contributed by atoms with Crippen molar-refractivity contribution in [2.24, 2.45) is 0 Å². The molecule has 1 saturated heterocycles. The van der Waals surface area contributed by atoms with E-state index in [4.69, 9.17) is 4.74 Å². The Kier molecular flexibility index (Phi) is 5.90. The minimum absolute atomic E-state index is 0.334. The van der Waals surface area contributed by atoms with Crippen molar-refractivity contribution in [3.05, 3.63) is 0 Å². The molecule has 0 unspecified atom stereocenters. The Morgan fingerprint density at radius 1 is 1.18 bits per heavy atom. The molecule has 0 saturated carbocycles. The van der Waals surface area contributed by atoms with Gasteiger partial charge in [0.15, 0.2) is 0 Å². The Balaban J connectivity index is 2.48. The maximum absolute atomic E-state index is 5.79. The molecular formula is C14H30N2O. The summed E-state index contributed by atoms with van der Waals surface area (Å²) < 4.78 is 5.79. The van der Waals surface area contributed by atoms with E-state index in [1.165, 1.54) is 6.42 Å². The van der Waals surface area contributed by atoms with E-state index in [0.717, 1.165) is 13.2 Å². The lowest BCUT2D eigenvalue weighted by molar-refractivity contribution is 0.0299. The summed E-state index contributed by atoms with van der Waals surface area (Å²) in [4.78, 5) is 2.57. The molecule has 102 valence electrons. The summed E-state index contributed by atoms with van der Waals surface area (Å²) in [5.74, 6) is 0. The fourth-order valence-electron chi connectivity index (χ4n) is 2.63. The van der Waals surface area contributed by atoms with Crippen molar-refractivity contribution >= 4 is 0 Å². The molecule has 17 heavy (non-hydrogen) atoms. The lowest BCUT2D eigenvalue weighted by Crippen LogP contribution is -2.40. The van der Waals surface area contributed by atoms with Gasteiger partial charge < -0.3 is 10.1 Å². The van der Waals surface area contributed by atoms with Gasteiger partial charge in [0.2, 0.25) is 0 Å². The Hall–Kier alpha value is -0.120. The van der Waals surface area contributed by atoms with Crippen LogP contribution < -0.4 is 5.32 Å². The van der Waals surface area contributed by atoms with Gasteiger partial charge in [-0.15, -0.1) is 0 Å². The van der Waals surface area contributed by atoms with Gasteiger partial charge in [-0.1, -0.05) is 13.8 Å². The van der Waals surface area contributed by atoms with E-state index >= 15 is 0 Å². The second-order valence-corrected chi connectivity index (χ2v) is 6.08. The number of hydrogen-bond donors (Lipinski definition) is 1. The summed E-state index contributed by atoms with van der Waals surface area (Å²) in [6.07, 6.45) is 1.55. The molecule has 0 bridgehead atoms. The highest BCUT2D eigenvalue weighted by atomic mass is 16.5.